The third kappa shape index (κ3) is 5.54. The van der Waals surface area contributed by atoms with Crippen LogP contribution in [0.3, 0.4) is 0 Å². The summed E-state index contributed by atoms with van der Waals surface area (Å²) in [6.45, 7) is 2.79. The van der Waals surface area contributed by atoms with Crippen molar-refractivity contribution < 1.29 is 14.3 Å². The van der Waals surface area contributed by atoms with Crippen LogP contribution in [0.1, 0.15) is 30.1 Å². The Bertz CT molecular complexity index is 850. The molecular formula is C21H21N3O3. The van der Waals surface area contributed by atoms with Crippen molar-refractivity contribution in [1.82, 2.24) is 9.97 Å². The topological polar surface area (TPSA) is 73.3 Å². The minimum absolute atomic E-state index is 0.216. The second-order valence-corrected chi connectivity index (χ2v) is 5.85. The predicted molar refractivity (Wildman–Crippen MR) is 103 cm³/mol. The van der Waals surface area contributed by atoms with E-state index >= 15 is 0 Å². The lowest BCUT2D eigenvalue weighted by Gasteiger charge is -2.08. The number of para-hydroxylation sites is 1. The summed E-state index contributed by atoms with van der Waals surface area (Å²) in [6.07, 6.45) is 5.10. The van der Waals surface area contributed by atoms with Gasteiger partial charge >= 0.3 is 6.01 Å². The second kappa shape index (κ2) is 9.33. The highest BCUT2D eigenvalue weighted by molar-refractivity contribution is 6.04. The van der Waals surface area contributed by atoms with Crippen molar-refractivity contribution >= 4 is 11.6 Å². The van der Waals surface area contributed by atoms with E-state index in [2.05, 4.69) is 22.2 Å². The molecule has 138 valence electrons. The maximum Gasteiger partial charge on any atom is 0.322 e. The van der Waals surface area contributed by atoms with E-state index in [1.165, 1.54) is 12.4 Å². The maximum absolute atomic E-state index is 12.3. The summed E-state index contributed by atoms with van der Waals surface area (Å²) in [5.74, 6) is 1.16. The number of aromatic nitrogens is 2. The van der Waals surface area contributed by atoms with Crippen molar-refractivity contribution in [3.63, 3.8) is 0 Å². The lowest BCUT2D eigenvalue weighted by Crippen LogP contribution is -2.12. The molecular weight excluding hydrogens is 342 g/mol. The molecule has 0 radical (unpaired) electrons. The molecule has 1 N–H and O–H groups in total. The van der Waals surface area contributed by atoms with E-state index in [4.69, 9.17) is 9.47 Å². The Kier molecular flexibility index (Phi) is 6.35. The van der Waals surface area contributed by atoms with Crippen LogP contribution < -0.4 is 14.8 Å². The van der Waals surface area contributed by atoms with Crippen molar-refractivity contribution in [2.75, 3.05) is 11.9 Å². The lowest BCUT2D eigenvalue weighted by atomic mass is 10.2. The first-order chi connectivity index (χ1) is 13.2. The first kappa shape index (κ1) is 18.4. The number of nitrogens with one attached hydrogen (secondary N) is 1. The van der Waals surface area contributed by atoms with Crippen LogP contribution >= 0.6 is 0 Å². The third-order valence-corrected chi connectivity index (χ3v) is 3.72. The van der Waals surface area contributed by atoms with Gasteiger partial charge in [0.1, 0.15) is 11.5 Å². The molecule has 27 heavy (non-hydrogen) atoms. The van der Waals surface area contributed by atoms with Crippen molar-refractivity contribution in [2.24, 2.45) is 0 Å². The van der Waals surface area contributed by atoms with Crippen molar-refractivity contribution in [3.8, 4) is 17.5 Å². The SMILES string of the molecule is CCCCOc1ccc(C(=O)Nc2cnc(Oc3ccccc3)nc2)cc1. The van der Waals surface area contributed by atoms with Gasteiger partial charge in [-0.3, -0.25) is 4.79 Å². The Labute approximate surface area is 158 Å². The van der Waals surface area contributed by atoms with Gasteiger partial charge in [-0.2, -0.15) is 0 Å². The molecule has 0 bridgehead atoms. The molecule has 1 aromatic heterocycles. The number of nitrogens with zero attached hydrogens (tertiary/aromatic N) is 2. The van der Waals surface area contributed by atoms with Gasteiger partial charge in [-0.15, -0.1) is 0 Å². The third-order valence-electron chi connectivity index (χ3n) is 3.72. The fraction of sp³-hybridized carbons (Fsp3) is 0.190. The van der Waals surface area contributed by atoms with Crippen LogP contribution in [0.15, 0.2) is 67.0 Å². The average Bonchev–Trinajstić information content (AvgIpc) is 2.71. The molecule has 3 rings (SSSR count). The lowest BCUT2D eigenvalue weighted by molar-refractivity contribution is 0.102. The molecule has 0 aliphatic heterocycles. The zero-order valence-corrected chi connectivity index (χ0v) is 15.1. The first-order valence-electron chi connectivity index (χ1n) is 8.84. The predicted octanol–water partition coefficient (Wildman–Crippen LogP) is 4.70. The van der Waals surface area contributed by atoms with Crippen molar-refractivity contribution in [2.45, 2.75) is 19.8 Å². The summed E-state index contributed by atoms with van der Waals surface area (Å²) in [7, 11) is 0. The van der Waals surface area contributed by atoms with Gasteiger partial charge in [-0.25, -0.2) is 9.97 Å². The van der Waals surface area contributed by atoms with E-state index in [-0.39, 0.29) is 11.9 Å². The molecule has 0 spiro atoms. The summed E-state index contributed by atoms with van der Waals surface area (Å²) < 4.78 is 11.1. The van der Waals surface area contributed by atoms with Gasteiger partial charge in [-0.1, -0.05) is 31.5 Å². The monoisotopic (exact) mass is 363 g/mol. The number of ether oxygens (including phenoxy) is 2. The zero-order valence-electron chi connectivity index (χ0n) is 15.1. The smallest absolute Gasteiger partial charge is 0.322 e. The Morgan fingerprint density at radius 3 is 2.33 bits per heavy atom. The number of benzene rings is 2. The summed E-state index contributed by atoms with van der Waals surface area (Å²) in [4.78, 5) is 20.5. The summed E-state index contributed by atoms with van der Waals surface area (Å²) in [6, 6.07) is 16.5. The molecule has 1 heterocycles. The van der Waals surface area contributed by atoms with Crippen LogP contribution in [0.2, 0.25) is 0 Å². The molecule has 0 saturated carbocycles. The quantitative estimate of drug-likeness (QED) is 0.587. The average molecular weight is 363 g/mol. The molecule has 3 aromatic rings. The van der Waals surface area contributed by atoms with Crippen molar-refractivity contribution in [1.29, 1.82) is 0 Å². The van der Waals surface area contributed by atoms with E-state index in [9.17, 15) is 4.79 Å². The summed E-state index contributed by atoms with van der Waals surface area (Å²) >= 11 is 0. The molecule has 0 saturated heterocycles. The number of amides is 1. The number of hydrogen-bond donors (Lipinski definition) is 1. The Morgan fingerprint density at radius 2 is 1.67 bits per heavy atom. The van der Waals surface area contributed by atoms with Gasteiger partial charge in [0.25, 0.3) is 5.91 Å². The molecule has 0 unspecified atom stereocenters. The van der Waals surface area contributed by atoms with Crippen LogP contribution in [0.5, 0.6) is 17.5 Å². The van der Waals surface area contributed by atoms with Crippen LogP contribution in [0.4, 0.5) is 5.69 Å². The van der Waals surface area contributed by atoms with E-state index in [0.29, 0.717) is 23.6 Å². The maximum atomic E-state index is 12.3. The van der Waals surface area contributed by atoms with E-state index in [1.54, 1.807) is 24.3 Å². The minimum atomic E-state index is -0.240. The molecule has 0 atom stereocenters. The molecule has 0 aliphatic rings. The standard InChI is InChI=1S/C21H21N3O3/c1-2-3-13-26-18-11-9-16(10-12-18)20(25)24-17-14-22-21(23-15-17)27-19-7-5-4-6-8-19/h4-12,14-15H,2-3,13H2,1H3,(H,24,25). The Balaban J connectivity index is 1.55. The van der Waals surface area contributed by atoms with Crippen molar-refractivity contribution in [3.05, 3.63) is 72.6 Å². The van der Waals surface area contributed by atoms with E-state index in [1.807, 2.05) is 30.3 Å². The Morgan fingerprint density at radius 1 is 0.963 bits per heavy atom. The van der Waals surface area contributed by atoms with Gasteiger partial charge in [0.2, 0.25) is 0 Å². The normalized spacial score (nSPS) is 10.3. The van der Waals surface area contributed by atoms with Crippen LogP contribution in [0.25, 0.3) is 0 Å². The van der Waals surface area contributed by atoms with Gasteiger partial charge < -0.3 is 14.8 Å². The highest BCUT2D eigenvalue weighted by atomic mass is 16.5. The largest absolute Gasteiger partial charge is 0.494 e. The van der Waals surface area contributed by atoms with Gasteiger partial charge in [0, 0.05) is 5.56 Å². The summed E-state index contributed by atoms with van der Waals surface area (Å²) in [5.41, 5.74) is 1.02. The molecule has 0 aliphatic carbocycles. The number of carbonyl (C=O) groups is 1. The number of anilines is 1. The number of carbonyl (C=O) groups excluding carboxylic acids is 1. The van der Waals surface area contributed by atoms with Gasteiger partial charge in [0.05, 0.1) is 24.7 Å². The van der Waals surface area contributed by atoms with Gasteiger partial charge in [-0.05, 0) is 42.8 Å². The van der Waals surface area contributed by atoms with Crippen LogP contribution in [-0.2, 0) is 0 Å². The highest BCUT2D eigenvalue weighted by Gasteiger charge is 2.08. The second-order valence-electron chi connectivity index (χ2n) is 5.85. The fourth-order valence-electron chi connectivity index (χ4n) is 2.27. The zero-order chi connectivity index (χ0) is 18.9. The molecule has 6 nitrogen and oxygen atoms in total. The first-order valence-corrected chi connectivity index (χ1v) is 8.84. The molecule has 1 amide bonds. The van der Waals surface area contributed by atoms with E-state index in [0.717, 1.165) is 18.6 Å². The number of rotatable bonds is 8. The van der Waals surface area contributed by atoms with Crippen LogP contribution in [-0.4, -0.2) is 22.5 Å². The van der Waals surface area contributed by atoms with E-state index < -0.39 is 0 Å². The van der Waals surface area contributed by atoms with Gasteiger partial charge in [0.15, 0.2) is 0 Å². The molecule has 6 heteroatoms. The summed E-state index contributed by atoms with van der Waals surface area (Å²) in [5, 5.41) is 2.76. The highest BCUT2D eigenvalue weighted by Crippen LogP contribution is 2.18. The fourth-order valence-corrected chi connectivity index (χ4v) is 2.27. The Hall–Kier alpha value is -3.41. The van der Waals surface area contributed by atoms with Crippen LogP contribution in [0, 0.1) is 0 Å². The number of hydrogen-bond acceptors (Lipinski definition) is 5. The number of unbranched alkanes of at least 4 members (excludes halogenated alkanes) is 1. The molecule has 2 aromatic carbocycles. The molecule has 0 fully saturated rings. The minimum Gasteiger partial charge on any atom is -0.494 e.